The van der Waals surface area contributed by atoms with Crippen molar-refractivity contribution in [1.29, 1.82) is 5.26 Å². The molecule has 1 aromatic rings. The van der Waals surface area contributed by atoms with E-state index in [0.29, 0.717) is 17.2 Å². The van der Waals surface area contributed by atoms with Gasteiger partial charge in [0.1, 0.15) is 5.82 Å². The fourth-order valence-corrected chi connectivity index (χ4v) is 2.61. The summed E-state index contributed by atoms with van der Waals surface area (Å²) in [4.78, 5) is 0. The van der Waals surface area contributed by atoms with Crippen molar-refractivity contribution in [3.05, 3.63) is 29.6 Å². The minimum absolute atomic E-state index is 0.0325. The van der Waals surface area contributed by atoms with Crippen molar-refractivity contribution in [3.8, 4) is 6.07 Å². The molecule has 4 heteroatoms. The van der Waals surface area contributed by atoms with E-state index in [0.717, 1.165) is 13.0 Å². The van der Waals surface area contributed by atoms with Crippen LogP contribution in [-0.4, -0.2) is 18.8 Å². The number of nitrogens with one attached hydrogen (secondary N) is 1. The second-order valence-corrected chi connectivity index (χ2v) is 6.78. The molecule has 114 valence electrons. The number of ether oxygens (including phenoxy) is 1. The molecule has 1 aromatic carbocycles. The Morgan fingerprint density at radius 3 is 2.71 bits per heavy atom. The molecule has 0 bridgehead atoms. The van der Waals surface area contributed by atoms with Crippen LogP contribution >= 0.6 is 0 Å². The average Bonchev–Trinajstić information content (AvgIpc) is 2.42. The molecule has 21 heavy (non-hydrogen) atoms. The van der Waals surface area contributed by atoms with Crippen molar-refractivity contribution < 1.29 is 9.13 Å². The molecular weight excluding hydrogens is 267 g/mol. The van der Waals surface area contributed by atoms with Gasteiger partial charge in [-0.2, -0.15) is 5.26 Å². The van der Waals surface area contributed by atoms with Gasteiger partial charge in [-0.05, 0) is 30.5 Å². The molecule has 1 N–H and O–H groups in total. The van der Waals surface area contributed by atoms with Gasteiger partial charge in [0.05, 0.1) is 23.4 Å². The first-order valence-corrected chi connectivity index (χ1v) is 7.42. The van der Waals surface area contributed by atoms with E-state index < -0.39 is 0 Å². The smallest absolute Gasteiger partial charge is 0.147 e. The van der Waals surface area contributed by atoms with Crippen LogP contribution in [0.15, 0.2) is 18.2 Å². The molecule has 1 saturated carbocycles. The number of rotatable bonds is 5. The van der Waals surface area contributed by atoms with E-state index in [1.54, 1.807) is 12.1 Å². The Labute approximate surface area is 126 Å². The lowest BCUT2D eigenvalue weighted by atomic mass is 9.64. The van der Waals surface area contributed by atoms with E-state index >= 15 is 0 Å². The van der Waals surface area contributed by atoms with Crippen LogP contribution in [0.5, 0.6) is 0 Å². The van der Waals surface area contributed by atoms with Gasteiger partial charge in [-0.1, -0.05) is 27.7 Å². The summed E-state index contributed by atoms with van der Waals surface area (Å²) < 4.78 is 19.8. The van der Waals surface area contributed by atoms with E-state index in [9.17, 15) is 4.39 Å². The Balaban J connectivity index is 1.98. The molecule has 0 aliphatic heterocycles. The number of anilines is 1. The first kappa shape index (κ1) is 15.8. The minimum Gasteiger partial charge on any atom is -0.379 e. The summed E-state index contributed by atoms with van der Waals surface area (Å²) in [6, 6.07) is 6.64. The standard InChI is InChI=1S/C17H23FN2O/c1-11(2)10-21-16-8-15(17(16,3)4)20-14-6-5-12(9-19)7-13(14)18/h5-7,11,15-16,20H,8,10H2,1-4H3. The largest absolute Gasteiger partial charge is 0.379 e. The molecule has 2 rings (SSSR count). The molecule has 1 fully saturated rings. The van der Waals surface area contributed by atoms with E-state index in [-0.39, 0.29) is 23.4 Å². The van der Waals surface area contributed by atoms with Crippen molar-refractivity contribution in [2.24, 2.45) is 11.3 Å². The highest BCUT2D eigenvalue weighted by molar-refractivity contribution is 5.50. The molecule has 1 aliphatic rings. The normalized spacial score (nSPS) is 23.5. The van der Waals surface area contributed by atoms with Crippen molar-refractivity contribution in [2.75, 3.05) is 11.9 Å². The van der Waals surface area contributed by atoms with Crippen LogP contribution in [0.4, 0.5) is 10.1 Å². The maximum absolute atomic E-state index is 13.9. The maximum atomic E-state index is 13.9. The van der Waals surface area contributed by atoms with E-state index in [1.165, 1.54) is 6.07 Å². The summed E-state index contributed by atoms with van der Waals surface area (Å²) in [5.41, 5.74) is 0.758. The molecule has 0 amide bonds. The fraction of sp³-hybridized carbons (Fsp3) is 0.588. The van der Waals surface area contributed by atoms with Crippen LogP contribution in [0.2, 0.25) is 0 Å². The Kier molecular flexibility index (Phi) is 4.53. The third-order valence-corrected chi connectivity index (χ3v) is 4.24. The summed E-state index contributed by atoms with van der Waals surface area (Å²) in [7, 11) is 0. The number of hydrogen-bond acceptors (Lipinski definition) is 3. The number of nitrogens with zero attached hydrogens (tertiary/aromatic N) is 1. The van der Waals surface area contributed by atoms with Crippen LogP contribution in [0.1, 0.15) is 39.7 Å². The molecule has 2 unspecified atom stereocenters. The molecule has 0 saturated heterocycles. The molecule has 3 nitrogen and oxygen atoms in total. The van der Waals surface area contributed by atoms with Crippen molar-refractivity contribution in [1.82, 2.24) is 0 Å². The lowest BCUT2D eigenvalue weighted by molar-refractivity contribution is -0.108. The lowest BCUT2D eigenvalue weighted by Crippen LogP contribution is -2.58. The van der Waals surface area contributed by atoms with Crippen LogP contribution in [0.25, 0.3) is 0 Å². The van der Waals surface area contributed by atoms with Gasteiger partial charge in [-0.3, -0.25) is 0 Å². The predicted molar refractivity (Wildman–Crippen MR) is 81.5 cm³/mol. The minimum atomic E-state index is -0.378. The van der Waals surface area contributed by atoms with Crippen LogP contribution in [-0.2, 0) is 4.74 Å². The third kappa shape index (κ3) is 3.36. The molecular formula is C17H23FN2O. The van der Waals surface area contributed by atoms with Crippen LogP contribution in [0.3, 0.4) is 0 Å². The summed E-state index contributed by atoms with van der Waals surface area (Å²) >= 11 is 0. The van der Waals surface area contributed by atoms with Gasteiger partial charge in [0.25, 0.3) is 0 Å². The zero-order valence-corrected chi connectivity index (χ0v) is 13.1. The second kappa shape index (κ2) is 6.03. The molecule has 0 radical (unpaired) electrons. The predicted octanol–water partition coefficient (Wildman–Crippen LogP) is 3.95. The molecule has 1 aliphatic carbocycles. The quantitative estimate of drug-likeness (QED) is 0.893. The first-order valence-electron chi connectivity index (χ1n) is 7.42. The molecule has 0 heterocycles. The zero-order valence-electron chi connectivity index (χ0n) is 13.1. The second-order valence-electron chi connectivity index (χ2n) is 6.78. The summed E-state index contributed by atoms with van der Waals surface area (Å²) in [6.07, 6.45) is 1.08. The van der Waals surface area contributed by atoms with Gasteiger partial charge in [0.2, 0.25) is 0 Å². The highest BCUT2D eigenvalue weighted by Gasteiger charge is 2.49. The van der Waals surface area contributed by atoms with E-state index in [4.69, 9.17) is 10.00 Å². The Morgan fingerprint density at radius 1 is 1.48 bits per heavy atom. The van der Waals surface area contributed by atoms with Crippen molar-refractivity contribution in [2.45, 2.75) is 46.3 Å². The maximum Gasteiger partial charge on any atom is 0.147 e. The van der Waals surface area contributed by atoms with E-state index in [1.807, 2.05) is 6.07 Å². The fourth-order valence-electron chi connectivity index (χ4n) is 2.61. The Hall–Kier alpha value is -1.60. The highest BCUT2D eigenvalue weighted by Crippen LogP contribution is 2.44. The van der Waals surface area contributed by atoms with E-state index in [2.05, 4.69) is 33.0 Å². The Morgan fingerprint density at radius 2 is 2.19 bits per heavy atom. The van der Waals surface area contributed by atoms with Gasteiger partial charge < -0.3 is 10.1 Å². The topological polar surface area (TPSA) is 45.0 Å². The summed E-state index contributed by atoms with van der Waals surface area (Å²) in [5, 5.41) is 12.0. The summed E-state index contributed by atoms with van der Waals surface area (Å²) in [6.45, 7) is 9.30. The third-order valence-electron chi connectivity index (χ3n) is 4.24. The Bertz CT molecular complexity index is 548. The van der Waals surface area contributed by atoms with Gasteiger partial charge in [-0.25, -0.2) is 4.39 Å². The van der Waals surface area contributed by atoms with Gasteiger partial charge in [0.15, 0.2) is 0 Å². The monoisotopic (exact) mass is 290 g/mol. The lowest BCUT2D eigenvalue weighted by Gasteiger charge is -2.52. The SMILES string of the molecule is CC(C)COC1CC(Nc2ccc(C#N)cc2F)C1(C)C. The van der Waals surface area contributed by atoms with Gasteiger partial charge in [-0.15, -0.1) is 0 Å². The molecule has 2 atom stereocenters. The first-order chi connectivity index (χ1) is 9.84. The van der Waals surface area contributed by atoms with Crippen LogP contribution in [0, 0.1) is 28.5 Å². The average molecular weight is 290 g/mol. The highest BCUT2D eigenvalue weighted by atomic mass is 19.1. The van der Waals surface area contributed by atoms with Gasteiger partial charge >= 0.3 is 0 Å². The zero-order chi connectivity index (χ0) is 15.6. The summed E-state index contributed by atoms with van der Waals surface area (Å²) in [5.74, 6) is 0.139. The van der Waals surface area contributed by atoms with Crippen molar-refractivity contribution >= 4 is 5.69 Å². The van der Waals surface area contributed by atoms with Crippen molar-refractivity contribution in [3.63, 3.8) is 0 Å². The van der Waals surface area contributed by atoms with Gasteiger partial charge in [0, 0.05) is 18.1 Å². The number of halogens is 1. The number of benzene rings is 1. The number of nitriles is 1. The number of hydrogen-bond donors (Lipinski definition) is 1. The van der Waals surface area contributed by atoms with Crippen LogP contribution < -0.4 is 5.32 Å². The molecule has 0 aromatic heterocycles. The molecule has 0 spiro atoms.